The van der Waals surface area contributed by atoms with Crippen LogP contribution < -0.4 is 4.74 Å². The maximum Gasteiger partial charge on any atom is 0.118 e. The van der Waals surface area contributed by atoms with Gasteiger partial charge in [0.2, 0.25) is 0 Å². The van der Waals surface area contributed by atoms with E-state index < -0.39 is 0 Å². The van der Waals surface area contributed by atoms with E-state index in [1.165, 1.54) is 5.56 Å². The maximum atomic E-state index is 6.39. The molecule has 0 aliphatic heterocycles. The zero-order chi connectivity index (χ0) is 15.2. The molecule has 1 atom stereocenters. The molecule has 0 fully saturated rings. The number of benzene rings is 1. The molecule has 0 saturated heterocycles. The Morgan fingerprint density at radius 3 is 2.35 bits per heavy atom. The van der Waals surface area contributed by atoms with Gasteiger partial charge in [0, 0.05) is 13.1 Å². The van der Waals surface area contributed by atoms with Crippen LogP contribution in [0.4, 0.5) is 0 Å². The van der Waals surface area contributed by atoms with E-state index in [1.807, 2.05) is 34.8 Å². The van der Waals surface area contributed by atoms with Crippen LogP contribution in [0, 0.1) is 11.3 Å². The molecule has 3 heteroatoms. The minimum absolute atomic E-state index is 0.223. The summed E-state index contributed by atoms with van der Waals surface area (Å²) in [5, 5.41) is 0. The van der Waals surface area contributed by atoms with Crippen LogP contribution >= 0.6 is 11.8 Å². The lowest BCUT2D eigenvalue weighted by atomic mass is 9.78. The van der Waals surface area contributed by atoms with Crippen molar-refractivity contribution in [1.82, 2.24) is 4.42 Å². The SMILES string of the molecule is C=CCC(CN(Cl)Cc1ccc(OC)cc1)C(C)(C)C. The van der Waals surface area contributed by atoms with Gasteiger partial charge in [-0.3, -0.25) is 0 Å². The molecule has 1 aromatic carbocycles. The first kappa shape index (κ1) is 17.1. The molecule has 1 aromatic rings. The number of ether oxygens (including phenoxy) is 1. The van der Waals surface area contributed by atoms with Crippen LogP contribution in [0.5, 0.6) is 5.75 Å². The standard InChI is InChI=1S/C17H26ClNO/c1-6-7-15(17(2,3)4)13-19(18)12-14-8-10-16(20-5)11-9-14/h6,8-11,15H,1,7,12-13H2,2-5H3. The van der Waals surface area contributed by atoms with Gasteiger partial charge < -0.3 is 4.74 Å². The summed E-state index contributed by atoms with van der Waals surface area (Å²) < 4.78 is 7.02. The summed E-state index contributed by atoms with van der Waals surface area (Å²) in [5.41, 5.74) is 1.41. The highest BCUT2D eigenvalue weighted by molar-refractivity contribution is 6.13. The Bertz CT molecular complexity index is 408. The minimum Gasteiger partial charge on any atom is -0.497 e. The van der Waals surface area contributed by atoms with Gasteiger partial charge in [-0.2, -0.15) is 0 Å². The van der Waals surface area contributed by atoms with E-state index in [0.717, 1.165) is 25.3 Å². The van der Waals surface area contributed by atoms with Crippen molar-refractivity contribution in [1.29, 1.82) is 0 Å². The lowest BCUT2D eigenvalue weighted by molar-refractivity contribution is 0.198. The number of hydrogen-bond donors (Lipinski definition) is 0. The fraction of sp³-hybridized carbons (Fsp3) is 0.529. The largest absolute Gasteiger partial charge is 0.497 e. The second-order valence-electron chi connectivity index (χ2n) is 6.24. The summed E-state index contributed by atoms with van der Waals surface area (Å²) in [7, 11) is 1.67. The molecule has 0 aliphatic rings. The third-order valence-corrected chi connectivity index (χ3v) is 3.87. The lowest BCUT2D eigenvalue weighted by Gasteiger charge is -2.32. The molecule has 0 aliphatic carbocycles. The Morgan fingerprint density at radius 1 is 1.30 bits per heavy atom. The predicted molar refractivity (Wildman–Crippen MR) is 87.0 cm³/mol. The third-order valence-electron chi connectivity index (χ3n) is 3.61. The number of rotatable bonds is 7. The van der Waals surface area contributed by atoms with Gasteiger partial charge in [0.05, 0.1) is 7.11 Å². The van der Waals surface area contributed by atoms with Crippen LogP contribution in [-0.4, -0.2) is 18.1 Å². The first-order valence-corrected chi connectivity index (χ1v) is 7.35. The normalized spacial score (nSPS) is 13.3. The predicted octanol–water partition coefficient (Wildman–Crippen LogP) is 4.89. The van der Waals surface area contributed by atoms with Gasteiger partial charge in [-0.25, -0.2) is 4.42 Å². The summed E-state index contributed by atoms with van der Waals surface area (Å²) in [5.74, 6) is 1.37. The second-order valence-corrected chi connectivity index (χ2v) is 6.72. The van der Waals surface area contributed by atoms with Crippen LogP contribution in [0.25, 0.3) is 0 Å². The maximum absolute atomic E-state index is 6.39. The van der Waals surface area contributed by atoms with Crippen molar-refractivity contribution in [2.45, 2.75) is 33.7 Å². The van der Waals surface area contributed by atoms with Crippen molar-refractivity contribution in [3.63, 3.8) is 0 Å². The van der Waals surface area contributed by atoms with E-state index >= 15 is 0 Å². The molecular formula is C17H26ClNO. The van der Waals surface area contributed by atoms with E-state index in [-0.39, 0.29) is 5.41 Å². The zero-order valence-corrected chi connectivity index (χ0v) is 13.8. The smallest absolute Gasteiger partial charge is 0.118 e. The van der Waals surface area contributed by atoms with Crippen molar-refractivity contribution in [2.24, 2.45) is 11.3 Å². The first-order chi connectivity index (χ1) is 9.36. The van der Waals surface area contributed by atoms with Crippen molar-refractivity contribution in [3.05, 3.63) is 42.5 Å². The van der Waals surface area contributed by atoms with Gasteiger partial charge in [0.1, 0.15) is 5.75 Å². The monoisotopic (exact) mass is 295 g/mol. The molecule has 0 spiro atoms. The fourth-order valence-corrected chi connectivity index (χ4v) is 2.44. The van der Waals surface area contributed by atoms with E-state index in [9.17, 15) is 0 Å². The summed E-state index contributed by atoms with van der Waals surface area (Å²) in [4.78, 5) is 0. The molecule has 0 bridgehead atoms. The molecular weight excluding hydrogens is 270 g/mol. The summed E-state index contributed by atoms with van der Waals surface area (Å²) >= 11 is 6.39. The van der Waals surface area contributed by atoms with E-state index in [0.29, 0.717) is 5.92 Å². The number of hydrogen-bond acceptors (Lipinski definition) is 2. The molecule has 0 heterocycles. The molecule has 112 valence electrons. The van der Waals surface area contributed by atoms with Crippen molar-refractivity contribution in [3.8, 4) is 5.75 Å². The molecule has 20 heavy (non-hydrogen) atoms. The van der Waals surface area contributed by atoms with E-state index in [1.54, 1.807) is 7.11 Å². The molecule has 0 N–H and O–H groups in total. The van der Waals surface area contributed by atoms with Gasteiger partial charge in [-0.1, -0.05) is 39.0 Å². The quantitative estimate of drug-likeness (QED) is 0.524. The first-order valence-electron chi connectivity index (χ1n) is 7.01. The highest BCUT2D eigenvalue weighted by atomic mass is 35.5. The second kappa shape index (κ2) is 7.70. The summed E-state index contributed by atoms with van der Waals surface area (Å²) in [6.07, 6.45) is 2.96. The molecule has 1 rings (SSSR count). The topological polar surface area (TPSA) is 12.5 Å². The average molecular weight is 296 g/mol. The fourth-order valence-electron chi connectivity index (χ4n) is 2.14. The Balaban J connectivity index is 2.60. The summed E-state index contributed by atoms with van der Waals surface area (Å²) in [6, 6.07) is 8.03. The van der Waals surface area contributed by atoms with Crippen molar-refractivity contribution < 1.29 is 4.74 Å². The highest BCUT2D eigenvalue weighted by Gasteiger charge is 2.25. The molecule has 0 amide bonds. The Labute approximate surface area is 128 Å². The minimum atomic E-state index is 0.223. The lowest BCUT2D eigenvalue weighted by Crippen LogP contribution is -2.30. The number of nitrogens with zero attached hydrogens (tertiary/aromatic N) is 1. The van der Waals surface area contributed by atoms with Crippen LogP contribution in [0.15, 0.2) is 36.9 Å². The van der Waals surface area contributed by atoms with Crippen LogP contribution in [0.3, 0.4) is 0 Å². The van der Waals surface area contributed by atoms with E-state index in [4.69, 9.17) is 16.5 Å². The van der Waals surface area contributed by atoms with Crippen LogP contribution in [0.1, 0.15) is 32.8 Å². The van der Waals surface area contributed by atoms with Gasteiger partial charge >= 0.3 is 0 Å². The molecule has 2 nitrogen and oxygen atoms in total. The number of methoxy groups -OCH3 is 1. The van der Waals surface area contributed by atoms with E-state index in [2.05, 4.69) is 27.4 Å². The summed E-state index contributed by atoms with van der Waals surface area (Å²) in [6.45, 7) is 12.2. The van der Waals surface area contributed by atoms with Crippen molar-refractivity contribution >= 4 is 11.8 Å². The molecule has 1 unspecified atom stereocenters. The highest BCUT2D eigenvalue weighted by Crippen LogP contribution is 2.30. The Morgan fingerprint density at radius 2 is 1.90 bits per heavy atom. The number of halogens is 1. The average Bonchev–Trinajstić information content (AvgIpc) is 2.38. The Kier molecular flexibility index (Phi) is 6.57. The van der Waals surface area contributed by atoms with Crippen molar-refractivity contribution in [2.75, 3.05) is 13.7 Å². The van der Waals surface area contributed by atoms with Crippen LogP contribution in [-0.2, 0) is 6.54 Å². The molecule has 0 aromatic heterocycles. The van der Waals surface area contributed by atoms with Gasteiger partial charge in [0.15, 0.2) is 0 Å². The van der Waals surface area contributed by atoms with Gasteiger partial charge in [-0.15, -0.1) is 6.58 Å². The Hall–Kier alpha value is -0.990. The van der Waals surface area contributed by atoms with Crippen LogP contribution in [0.2, 0.25) is 0 Å². The molecule has 0 radical (unpaired) electrons. The van der Waals surface area contributed by atoms with Gasteiger partial charge in [0.25, 0.3) is 0 Å². The van der Waals surface area contributed by atoms with Gasteiger partial charge in [-0.05, 0) is 47.2 Å². The number of allylic oxidation sites excluding steroid dienone is 1. The molecule has 0 saturated carbocycles. The third kappa shape index (κ3) is 5.56. The zero-order valence-electron chi connectivity index (χ0n) is 13.0.